The molecular weight excluding hydrogens is 362 g/mol. The Morgan fingerprint density at radius 1 is 1.11 bits per heavy atom. The molecule has 0 bridgehead atoms. The van der Waals surface area contributed by atoms with Crippen LogP contribution in [0.3, 0.4) is 0 Å². The summed E-state index contributed by atoms with van der Waals surface area (Å²) in [6, 6.07) is 13.1. The zero-order valence-electron chi connectivity index (χ0n) is 15.1. The Kier molecular flexibility index (Phi) is 4.79. The third-order valence-corrected chi connectivity index (χ3v) is 5.00. The van der Waals surface area contributed by atoms with Gasteiger partial charge in [-0.15, -0.1) is 0 Å². The van der Waals surface area contributed by atoms with Crippen LogP contribution in [0.4, 0.5) is 5.69 Å². The van der Waals surface area contributed by atoms with E-state index in [4.69, 9.17) is 4.74 Å². The van der Waals surface area contributed by atoms with Crippen molar-refractivity contribution in [1.82, 2.24) is 9.13 Å². The van der Waals surface area contributed by atoms with Gasteiger partial charge in [-0.3, -0.25) is 24.0 Å². The lowest BCUT2D eigenvalue weighted by molar-refractivity contribution is -0.384. The summed E-state index contributed by atoms with van der Waals surface area (Å²) in [5, 5.41) is 11.5. The molecule has 0 aliphatic carbocycles. The Balaban J connectivity index is 1.84. The van der Waals surface area contributed by atoms with Gasteiger partial charge < -0.3 is 4.74 Å². The van der Waals surface area contributed by atoms with Crippen LogP contribution < -0.4 is 11.2 Å². The zero-order valence-corrected chi connectivity index (χ0v) is 15.1. The van der Waals surface area contributed by atoms with E-state index >= 15 is 0 Å². The lowest BCUT2D eigenvalue weighted by Gasteiger charge is -2.16. The van der Waals surface area contributed by atoms with Crippen LogP contribution in [0.5, 0.6) is 0 Å². The molecule has 1 saturated heterocycles. The minimum Gasteiger partial charge on any atom is -0.376 e. The normalized spacial score (nSPS) is 16.5. The first-order valence-electron chi connectivity index (χ1n) is 9.12. The number of hydrogen-bond donors (Lipinski definition) is 0. The number of rotatable bonds is 5. The molecule has 3 aromatic rings. The highest BCUT2D eigenvalue weighted by Gasteiger charge is 2.20. The number of non-ortho nitro benzene ring substituents is 1. The summed E-state index contributed by atoms with van der Waals surface area (Å²) in [4.78, 5) is 36.6. The maximum absolute atomic E-state index is 13.2. The highest BCUT2D eigenvalue weighted by atomic mass is 16.6. The number of para-hydroxylation sites is 1. The number of benzene rings is 2. The van der Waals surface area contributed by atoms with Crippen molar-refractivity contribution in [3.8, 4) is 0 Å². The Labute approximate surface area is 159 Å². The van der Waals surface area contributed by atoms with Crippen molar-refractivity contribution < 1.29 is 9.66 Å². The summed E-state index contributed by atoms with van der Waals surface area (Å²) in [5.41, 5.74) is 0.302. The smallest absolute Gasteiger partial charge is 0.331 e. The maximum atomic E-state index is 13.2. The van der Waals surface area contributed by atoms with Crippen molar-refractivity contribution in [2.75, 3.05) is 6.61 Å². The average molecular weight is 381 g/mol. The quantitative estimate of drug-likeness (QED) is 0.499. The highest BCUT2D eigenvalue weighted by Crippen LogP contribution is 2.17. The van der Waals surface area contributed by atoms with E-state index in [1.54, 1.807) is 36.4 Å². The van der Waals surface area contributed by atoms with Crippen LogP contribution in [0.25, 0.3) is 10.9 Å². The van der Waals surface area contributed by atoms with Crippen LogP contribution in [0.1, 0.15) is 18.4 Å². The van der Waals surface area contributed by atoms with Gasteiger partial charge >= 0.3 is 5.69 Å². The number of hydrogen-bond acceptors (Lipinski definition) is 5. The van der Waals surface area contributed by atoms with Gasteiger partial charge in [0.15, 0.2) is 0 Å². The minimum absolute atomic E-state index is 0.0393. The first kappa shape index (κ1) is 18.1. The van der Waals surface area contributed by atoms with Gasteiger partial charge in [0.25, 0.3) is 11.2 Å². The van der Waals surface area contributed by atoms with Crippen molar-refractivity contribution in [3.63, 3.8) is 0 Å². The largest absolute Gasteiger partial charge is 0.376 e. The van der Waals surface area contributed by atoms with Crippen LogP contribution >= 0.6 is 0 Å². The van der Waals surface area contributed by atoms with Gasteiger partial charge in [-0.1, -0.05) is 24.3 Å². The van der Waals surface area contributed by atoms with Crippen LogP contribution in [0, 0.1) is 10.1 Å². The molecule has 0 unspecified atom stereocenters. The van der Waals surface area contributed by atoms with Gasteiger partial charge in [-0.2, -0.15) is 0 Å². The number of nitro benzene ring substituents is 1. The molecule has 4 rings (SSSR count). The van der Waals surface area contributed by atoms with Crippen LogP contribution in [-0.2, 0) is 17.8 Å². The summed E-state index contributed by atoms with van der Waals surface area (Å²) < 4.78 is 8.31. The van der Waals surface area contributed by atoms with E-state index < -0.39 is 10.6 Å². The molecule has 1 aliphatic rings. The number of fused-ring (bicyclic) bond motifs is 1. The Morgan fingerprint density at radius 2 is 1.93 bits per heavy atom. The second kappa shape index (κ2) is 7.40. The molecule has 144 valence electrons. The Bertz CT molecular complexity index is 1160. The van der Waals surface area contributed by atoms with Gasteiger partial charge in [0, 0.05) is 18.7 Å². The molecule has 8 nitrogen and oxygen atoms in total. The van der Waals surface area contributed by atoms with Crippen LogP contribution in [0.2, 0.25) is 0 Å². The summed E-state index contributed by atoms with van der Waals surface area (Å²) in [6.07, 6.45) is 1.57. The highest BCUT2D eigenvalue weighted by molar-refractivity contribution is 5.77. The predicted molar refractivity (Wildman–Crippen MR) is 104 cm³/mol. The SMILES string of the molecule is O=c1c2ccccc2n(Cc2cccc([N+](=O)[O-])c2)c(=O)n1C[C@@H]1CCCO1. The summed E-state index contributed by atoms with van der Waals surface area (Å²) in [7, 11) is 0. The van der Waals surface area contributed by atoms with E-state index in [2.05, 4.69) is 0 Å². The van der Waals surface area contributed by atoms with Crippen molar-refractivity contribution in [1.29, 1.82) is 0 Å². The third-order valence-electron chi connectivity index (χ3n) is 5.00. The van der Waals surface area contributed by atoms with Gasteiger partial charge in [-0.25, -0.2) is 4.79 Å². The first-order chi connectivity index (χ1) is 13.5. The third kappa shape index (κ3) is 3.34. The average Bonchev–Trinajstić information content (AvgIpc) is 3.22. The summed E-state index contributed by atoms with van der Waals surface area (Å²) in [5.74, 6) is 0. The predicted octanol–water partition coefficient (Wildman–Crippen LogP) is 2.30. The fourth-order valence-corrected chi connectivity index (χ4v) is 3.63. The summed E-state index contributed by atoms with van der Waals surface area (Å²) in [6.45, 7) is 0.971. The number of nitrogens with zero attached hydrogens (tertiary/aromatic N) is 3. The minimum atomic E-state index is -0.470. The molecule has 1 fully saturated rings. The fraction of sp³-hybridized carbons (Fsp3) is 0.300. The van der Waals surface area contributed by atoms with Crippen LogP contribution in [-0.4, -0.2) is 26.8 Å². The van der Waals surface area contributed by atoms with Gasteiger partial charge in [0.1, 0.15) is 0 Å². The van der Waals surface area contributed by atoms with Crippen molar-refractivity contribution >= 4 is 16.6 Å². The number of nitro groups is 1. The molecule has 28 heavy (non-hydrogen) atoms. The van der Waals surface area contributed by atoms with Crippen molar-refractivity contribution in [2.45, 2.75) is 32.0 Å². The Hall–Kier alpha value is -3.26. The second-order valence-electron chi connectivity index (χ2n) is 6.86. The van der Waals surface area contributed by atoms with E-state index in [-0.39, 0.29) is 30.4 Å². The number of aromatic nitrogens is 2. The van der Waals surface area contributed by atoms with Crippen LogP contribution in [0.15, 0.2) is 58.1 Å². The van der Waals surface area contributed by atoms with E-state index in [1.807, 2.05) is 0 Å². The molecule has 1 atom stereocenters. The van der Waals surface area contributed by atoms with E-state index in [1.165, 1.54) is 21.3 Å². The monoisotopic (exact) mass is 381 g/mol. The van der Waals surface area contributed by atoms with Crippen molar-refractivity contribution in [3.05, 3.63) is 85.0 Å². The molecular formula is C20H19N3O5. The lowest BCUT2D eigenvalue weighted by Crippen LogP contribution is -2.42. The van der Waals surface area contributed by atoms with Crippen molar-refractivity contribution in [2.24, 2.45) is 0 Å². The molecule has 0 N–H and O–H groups in total. The van der Waals surface area contributed by atoms with E-state index in [0.29, 0.717) is 23.1 Å². The maximum Gasteiger partial charge on any atom is 0.331 e. The van der Waals surface area contributed by atoms with E-state index in [9.17, 15) is 19.7 Å². The zero-order chi connectivity index (χ0) is 19.7. The van der Waals surface area contributed by atoms with Gasteiger partial charge in [-0.05, 0) is 30.5 Å². The molecule has 0 amide bonds. The molecule has 0 spiro atoms. The molecule has 2 aromatic carbocycles. The summed E-state index contributed by atoms with van der Waals surface area (Å²) >= 11 is 0. The lowest BCUT2D eigenvalue weighted by atomic mass is 10.1. The first-order valence-corrected chi connectivity index (χ1v) is 9.12. The topological polar surface area (TPSA) is 96.4 Å². The van der Waals surface area contributed by atoms with Gasteiger partial charge in [0.05, 0.1) is 35.0 Å². The molecule has 1 aromatic heterocycles. The second-order valence-corrected chi connectivity index (χ2v) is 6.86. The molecule has 8 heteroatoms. The fourth-order valence-electron chi connectivity index (χ4n) is 3.63. The molecule has 0 radical (unpaired) electrons. The molecule has 2 heterocycles. The number of ether oxygens (including phenoxy) is 1. The molecule has 1 aliphatic heterocycles. The standard InChI is InChI=1S/C20H19N3O5/c24-19-17-8-1-2-9-18(17)21(12-14-5-3-6-15(11-14)23(26)27)20(25)22(19)13-16-7-4-10-28-16/h1-3,5-6,8-9,11,16H,4,7,10,12-13H2/t16-/m0/s1. The molecule has 0 saturated carbocycles. The Morgan fingerprint density at radius 3 is 2.68 bits per heavy atom. The van der Waals surface area contributed by atoms with E-state index in [0.717, 1.165) is 12.8 Å². The van der Waals surface area contributed by atoms with Gasteiger partial charge in [0.2, 0.25) is 0 Å².